The van der Waals surface area contributed by atoms with Crippen molar-refractivity contribution in [2.24, 2.45) is 5.73 Å². The molecule has 6 nitrogen and oxygen atoms in total. The molecule has 1 aromatic carbocycles. The molecule has 0 aliphatic carbocycles. The van der Waals surface area contributed by atoms with Crippen molar-refractivity contribution < 1.29 is 9.59 Å². The van der Waals surface area contributed by atoms with Gasteiger partial charge in [0.25, 0.3) is 0 Å². The zero-order chi connectivity index (χ0) is 15.9. The van der Waals surface area contributed by atoms with Crippen molar-refractivity contribution in [1.82, 2.24) is 15.5 Å². The Balaban J connectivity index is 1.67. The Hall–Kier alpha value is -1.79. The number of carbonyl (C=O) groups is 2. The van der Waals surface area contributed by atoms with E-state index in [0.717, 1.165) is 31.5 Å². The maximum absolute atomic E-state index is 11.9. The van der Waals surface area contributed by atoms with Crippen LogP contribution in [0.2, 0.25) is 5.02 Å². The van der Waals surface area contributed by atoms with Gasteiger partial charge in [-0.15, -0.1) is 0 Å². The number of hydrogen-bond acceptors (Lipinski definition) is 3. The SMILES string of the molecule is NC(=O)CN1CCC(NC(=O)NCc2ccc(Cl)cc2)CC1. The van der Waals surface area contributed by atoms with Crippen molar-refractivity contribution in [1.29, 1.82) is 0 Å². The lowest BCUT2D eigenvalue weighted by Crippen LogP contribution is -2.49. The molecule has 1 heterocycles. The van der Waals surface area contributed by atoms with E-state index in [1.54, 1.807) is 12.1 Å². The van der Waals surface area contributed by atoms with Gasteiger partial charge in [-0.25, -0.2) is 4.79 Å². The number of benzene rings is 1. The predicted octanol–water partition coefficient (Wildman–Crippen LogP) is 1.09. The summed E-state index contributed by atoms with van der Waals surface area (Å²) < 4.78 is 0. The van der Waals surface area contributed by atoms with Crippen LogP contribution in [0.4, 0.5) is 4.79 Å². The zero-order valence-electron chi connectivity index (χ0n) is 12.3. The number of likely N-dealkylation sites (tertiary alicyclic amines) is 1. The number of nitrogens with zero attached hydrogens (tertiary/aromatic N) is 1. The molecule has 0 unspecified atom stereocenters. The van der Waals surface area contributed by atoms with Crippen molar-refractivity contribution in [3.05, 3.63) is 34.9 Å². The van der Waals surface area contributed by atoms with Crippen molar-refractivity contribution >= 4 is 23.5 Å². The van der Waals surface area contributed by atoms with Gasteiger partial charge in [0.1, 0.15) is 0 Å². The molecule has 22 heavy (non-hydrogen) atoms. The number of halogens is 1. The second-order valence-corrected chi connectivity index (χ2v) is 5.91. The van der Waals surface area contributed by atoms with E-state index < -0.39 is 0 Å². The number of carbonyl (C=O) groups excluding carboxylic acids is 2. The van der Waals surface area contributed by atoms with Crippen molar-refractivity contribution in [3.8, 4) is 0 Å². The molecule has 2 rings (SSSR count). The maximum atomic E-state index is 11.9. The quantitative estimate of drug-likeness (QED) is 0.757. The van der Waals surface area contributed by atoms with Crippen LogP contribution in [0.5, 0.6) is 0 Å². The number of piperidine rings is 1. The minimum atomic E-state index is -0.313. The molecule has 1 aromatic rings. The van der Waals surface area contributed by atoms with Gasteiger partial charge < -0.3 is 16.4 Å². The monoisotopic (exact) mass is 324 g/mol. The Morgan fingerprint density at radius 3 is 2.45 bits per heavy atom. The first-order chi connectivity index (χ1) is 10.5. The van der Waals surface area contributed by atoms with Gasteiger partial charge >= 0.3 is 6.03 Å². The third-order valence-corrected chi connectivity index (χ3v) is 3.92. The van der Waals surface area contributed by atoms with Crippen molar-refractivity contribution in [3.63, 3.8) is 0 Å². The lowest BCUT2D eigenvalue weighted by Gasteiger charge is -2.31. The Morgan fingerprint density at radius 2 is 1.86 bits per heavy atom. The highest BCUT2D eigenvalue weighted by Gasteiger charge is 2.21. The van der Waals surface area contributed by atoms with Crippen LogP contribution in [0.15, 0.2) is 24.3 Å². The Morgan fingerprint density at radius 1 is 1.23 bits per heavy atom. The van der Waals surface area contributed by atoms with E-state index in [-0.39, 0.29) is 24.5 Å². The molecule has 1 saturated heterocycles. The molecular formula is C15H21ClN4O2. The number of amides is 3. The number of nitrogens with two attached hydrogens (primary N) is 1. The molecule has 1 aliphatic heterocycles. The molecular weight excluding hydrogens is 304 g/mol. The third-order valence-electron chi connectivity index (χ3n) is 3.67. The van der Waals surface area contributed by atoms with E-state index in [2.05, 4.69) is 10.6 Å². The molecule has 0 aromatic heterocycles. The molecule has 120 valence electrons. The third kappa shape index (κ3) is 5.54. The fourth-order valence-corrected chi connectivity index (χ4v) is 2.60. The van der Waals surface area contributed by atoms with E-state index in [1.165, 1.54) is 0 Å². The largest absolute Gasteiger partial charge is 0.369 e. The van der Waals surface area contributed by atoms with Crippen LogP contribution in [0.25, 0.3) is 0 Å². The highest BCUT2D eigenvalue weighted by Crippen LogP contribution is 2.10. The van der Waals surface area contributed by atoms with Crippen molar-refractivity contribution in [2.75, 3.05) is 19.6 Å². The van der Waals surface area contributed by atoms with Gasteiger partial charge in [-0.1, -0.05) is 23.7 Å². The topological polar surface area (TPSA) is 87.5 Å². The maximum Gasteiger partial charge on any atom is 0.315 e. The number of urea groups is 1. The van der Waals surface area contributed by atoms with Gasteiger partial charge in [0.15, 0.2) is 0 Å². The van der Waals surface area contributed by atoms with Crippen LogP contribution >= 0.6 is 11.6 Å². The lowest BCUT2D eigenvalue weighted by molar-refractivity contribution is -0.119. The lowest BCUT2D eigenvalue weighted by atomic mass is 10.1. The summed E-state index contributed by atoms with van der Waals surface area (Å²) in [6.45, 7) is 2.29. The number of rotatable bonds is 5. The molecule has 1 aliphatic rings. The number of nitrogens with one attached hydrogen (secondary N) is 2. The summed E-state index contributed by atoms with van der Waals surface area (Å²) in [6, 6.07) is 7.31. The Bertz CT molecular complexity index is 513. The first kappa shape index (κ1) is 16.6. The second kappa shape index (κ2) is 8.00. The Kier molecular flexibility index (Phi) is 6.03. The van der Waals surface area contributed by atoms with Gasteiger partial charge in [-0.05, 0) is 30.5 Å². The van der Waals surface area contributed by atoms with E-state index in [9.17, 15) is 9.59 Å². The molecule has 1 fully saturated rings. The molecule has 0 atom stereocenters. The minimum absolute atomic E-state index is 0.134. The summed E-state index contributed by atoms with van der Waals surface area (Å²) in [5.41, 5.74) is 6.17. The minimum Gasteiger partial charge on any atom is -0.369 e. The summed E-state index contributed by atoms with van der Waals surface area (Å²) in [5.74, 6) is -0.313. The van der Waals surface area contributed by atoms with Crippen LogP contribution in [-0.2, 0) is 11.3 Å². The standard InChI is InChI=1S/C15H21ClN4O2/c16-12-3-1-11(2-4-12)9-18-15(22)19-13-5-7-20(8-6-13)10-14(17)21/h1-4,13H,5-10H2,(H2,17,21)(H2,18,19,22). The summed E-state index contributed by atoms with van der Waals surface area (Å²) in [6.07, 6.45) is 1.64. The molecule has 0 saturated carbocycles. The van der Waals surface area contributed by atoms with Gasteiger partial charge in [-0.3, -0.25) is 9.69 Å². The van der Waals surface area contributed by atoms with Crippen LogP contribution in [-0.4, -0.2) is 42.5 Å². The van der Waals surface area contributed by atoms with Crippen LogP contribution in [0.3, 0.4) is 0 Å². The fraction of sp³-hybridized carbons (Fsp3) is 0.467. The average molecular weight is 325 g/mol. The smallest absolute Gasteiger partial charge is 0.315 e. The first-order valence-corrected chi connectivity index (χ1v) is 7.70. The van der Waals surface area contributed by atoms with Gasteiger partial charge in [0.2, 0.25) is 5.91 Å². The van der Waals surface area contributed by atoms with Crippen LogP contribution in [0.1, 0.15) is 18.4 Å². The predicted molar refractivity (Wildman–Crippen MR) is 85.5 cm³/mol. The molecule has 3 amide bonds. The fourth-order valence-electron chi connectivity index (χ4n) is 2.48. The second-order valence-electron chi connectivity index (χ2n) is 5.47. The molecule has 7 heteroatoms. The summed E-state index contributed by atoms with van der Waals surface area (Å²) in [5, 5.41) is 6.46. The van der Waals surface area contributed by atoms with Gasteiger partial charge in [-0.2, -0.15) is 0 Å². The zero-order valence-corrected chi connectivity index (χ0v) is 13.1. The molecule has 0 bridgehead atoms. The van der Waals surface area contributed by atoms with E-state index in [0.29, 0.717) is 11.6 Å². The van der Waals surface area contributed by atoms with E-state index in [4.69, 9.17) is 17.3 Å². The highest BCUT2D eigenvalue weighted by atomic mass is 35.5. The molecule has 0 spiro atoms. The summed E-state index contributed by atoms with van der Waals surface area (Å²) in [4.78, 5) is 24.7. The van der Waals surface area contributed by atoms with Gasteiger partial charge in [0, 0.05) is 30.7 Å². The van der Waals surface area contributed by atoms with Crippen LogP contribution in [0, 0.1) is 0 Å². The number of primary amides is 1. The van der Waals surface area contributed by atoms with Crippen molar-refractivity contribution in [2.45, 2.75) is 25.4 Å². The highest BCUT2D eigenvalue weighted by molar-refractivity contribution is 6.30. The average Bonchev–Trinajstić information content (AvgIpc) is 2.48. The first-order valence-electron chi connectivity index (χ1n) is 7.32. The molecule has 4 N–H and O–H groups in total. The van der Waals surface area contributed by atoms with E-state index in [1.807, 2.05) is 17.0 Å². The summed E-state index contributed by atoms with van der Waals surface area (Å²) in [7, 11) is 0. The number of hydrogen-bond donors (Lipinski definition) is 3. The normalized spacial score (nSPS) is 16.2. The van der Waals surface area contributed by atoms with Crippen LogP contribution < -0.4 is 16.4 Å². The van der Waals surface area contributed by atoms with E-state index >= 15 is 0 Å². The summed E-state index contributed by atoms with van der Waals surface area (Å²) >= 11 is 5.81. The Labute approximate surface area is 135 Å². The van der Waals surface area contributed by atoms with Gasteiger partial charge in [0.05, 0.1) is 6.54 Å². The molecule has 0 radical (unpaired) electrons.